The standard InChI is InChI=1S/C16H19N3O5/c1-17-10-14(21)18(16(17)24)9-5-8-13(20)19(11-15(22)23)12-6-3-2-4-7-12/h2-4,6-7H,5,8-11H2,1H3,(H,22,23). The first-order valence-corrected chi connectivity index (χ1v) is 7.53. The van der Waals surface area contributed by atoms with Crippen molar-refractivity contribution in [3.8, 4) is 0 Å². The topological polar surface area (TPSA) is 98.2 Å². The number of carboxylic acids is 1. The fourth-order valence-corrected chi connectivity index (χ4v) is 2.48. The predicted molar refractivity (Wildman–Crippen MR) is 85.4 cm³/mol. The van der Waals surface area contributed by atoms with Gasteiger partial charge in [0.05, 0.1) is 0 Å². The fraction of sp³-hybridized carbons (Fsp3) is 0.375. The molecule has 8 nitrogen and oxygen atoms in total. The summed E-state index contributed by atoms with van der Waals surface area (Å²) in [6.45, 7) is -0.251. The van der Waals surface area contributed by atoms with Gasteiger partial charge in [0.15, 0.2) is 0 Å². The number of likely N-dealkylation sites (N-methyl/N-ethyl adjacent to an activating group) is 1. The van der Waals surface area contributed by atoms with Crippen LogP contribution in [-0.4, -0.2) is 65.4 Å². The van der Waals surface area contributed by atoms with Gasteiger partial charge in [0, 0.05) is 25.7 Å². The number of amides is 4. The van der Waals surface area contributed by atoms with Crippen molar-refractivity contribution in [3.63, 3.8) is 0 Å². The van der Waals surface area contributed by atoms with Crippen LogP contribution in [0.5, 0.6) is 0 Å². The van der Waals surface area contributed by atoms with Crippen molar-refractivity contribution in [1.29, 1.82) is 0 Å². The molecule has 0 saturated carbocycles. The zero-order valence-corrected chi connectivity index (χ0v) is 13.3. The van der Waals surface area contributed by atoms with E-state index in [1.807, 2.05) is 0 Å². The second kappa shape index (κ2) is 7.58. The second-order valence-corrected chi connectivity index (χ2v) is 5.50. The van der Waals surface area contributed by atoms with E-state index in [0.717, 1.165) is 4.90 Å². The second-order valence-electron chi connectivity index (χ2n) is 5.50. The molecule has 0 radical (unpaired) electrons. The van der Waals surface area contributed by atoms with Crippen LogP contribution in [0.25, 0.3) is 0 Å². The van der Waals surface area contributed by atoms with Gasteiger partial charge in [-0.25, -0.2) is 4.79 Å². The monoisotopic (exact) mass is 333 g/mol. The van der Waals surface area contributed by atoms with Crippen molar-refractivity contribution in [2.75, 3.05) is 31.6 Å². The number of imide groups is 1. The molecule has 1 aromatic rings. The SMILES string of the molecule is CN1CC(=O)N(CCCC(=O)N(CC(=O)O)c2ccccc2)C1=O. The van der Waals surface area contributed by atoms with Crippen LogP contribution in [0.15, 0.2) is 30.3 Å². The fourth-order valence-electron chi connectivity index (χ4n) is 2.48. The van der Waals surface area contributed by atoms with Crippen molar-refractivity contribution in [1.82, 2.24) is 9.80 Å². The minimum atomic E-state index is -1.11. The zero-order valence-electron chi connectivity index (χ0n) is 13.3. The molecule has 24 heavy (non-hydrogen) atoms. The average Bonchev–Trinajstić information content (AvgIpc) is 2.79. The summed E-state index contributed by atoms with van der Waals surface area (Å²) in [6.07, 6.45) is 0.329. The Kier molecular flexibility index (Phi) is 5.51. The Hall–Kier alpha value is -2.90. The minimum Gasteiger partial charge on any atom is -0.480 e. The number of anilines is 1. The number of hydrogen-bond acceptors (Lipinski definition) is 4. The van der Waals surface area contributed by atoms with Gasteiger partial charge in [-0.15, -0.1) is 0 Å². The van der Waals surface area contributed by atoms with Gasteiger partial charge < -0.3 is 14.9 Å². The van der Waals surface area contributed by atoms with Gasteiger partial charge in [-0.2, -0.15) is 0 Å². The van der Waals surface area contributed by atoms with E-state index in [2.05, 4.69) is 0 Å². The summed E-state index contributed by atoms with van der Waals surface area (Å²) in [7, 11) is 1.54. The van der Waals surface area contributed by atoms with E-state index in [4.69, 9.17) is 5.11 Å². The van der Waals surface area contributed by atoms with Crippen molar-refractivity contribution in [2.45, 2.75) is 12.8 Å². The predicted octanol–water partition coefficient (Wildman–Crippen LogP) is 0.778. The van der Waals surface area contributed by atoms with E-state index in [1.54, 1.807) is 30.3 Å². The molecule has 1 heterocycles. The normalized spacial score (nSPS) is 14.2. The molecule has 1 fully saturated rings. The van der Waals surface area contributed by atoms with Gasteiger partial charge >= 0.3 is 12.0 Å². The number of carboxylic acid groups (broad SMARTS) is 1. The lowest BCUT2D eigenvalue weighted by Gasteiger charge is -2.21. The molecule has 0 aliphatic carbocycles. The summed E-state index contributed by atoms with van der Waals surface area (Å²) < 4.78 is 0. The van der Waals surface area contributed by atoms with E-state index >= 15 is 0 Å². The van der Waals surface area contributed by atoms with Crippen LogP contribution in [0.4, 0.5) is 10.5 Å². The summed E-state index contributed by atoms with van der Waals surface area (Å²) in [5.74, 6) is -1.77. The molecule has 1 N–H and O–H groups in total. The molecule has 128 valence electrons. The lowest BCUT2D eigenvalue weighted by molar-refractivity contribution is -0.136. The van der Waals surface area contributed by atoms with Gasteiger partial charge in [0.2, 0.25) is 11.8 Å². The summed E-state index contributed by atoms with van der Waals surface area (Å²) in [4.78, 5) is 50.4. The third-order valence-electron chi connectivity index (χ3n) is 3.67. The number of benzene rings is 1. The quantitative estimate of drug-likeness (QED) is 0.744. The molecule has 0 bridgehead atoms. The minimum absolute atomic E-state index is 0.0436. The molecular weight excluding hydrogens is 314 g/mol. The molecular formula is C16H19N3O5. The first-order chi connectivity index (χ1) is 11.4. The van der Waals surface area contributed by atoms with E-state index < -0.39 is 12.5 Å². The van der Waals surface area contributed by atoms with Crippen molar-refractivity contribution in [3.05, 3.63) is 30.3 Å². The lowest BCUT2D eigenvalue weighted by atomic mass is 10.2. The number of carbonyl (C=O) groups is 4. The molecule has 0 spiro atoms. The maximum absolute atomic E-state index is 12.3. The number of para-hydroxylation sites is 1. The zero-order chi connectivity index (χ0) is 17.7. The molecule has 8 heteroatoms. The third-order valence-corrected chi connectivity index (χ3v) is 3.67. The number of urea groups is 1. The highest BCUT2D eigenvalue weighted by molar-refractivity contribution is 6.02. The Morgan fingerprint density at radius 1 is 1.21 bits per heavy atom. The number of nitrogens with zero attached hydrogens (tertiary/aromatic N) is 3. The summed E-state index contributed by atoms with van der Waals surface area (Å²) in [5, 5.41) is 8.99. The lowest BCUT2D eigenvalue weighted by Crippen LogP contribution is -2.37. The van der Waals surface area contributed by atoms with Crippen LogP contribution >= 0.6 is 0 Å². The molecule has 4 amide bonds. The highest BCUT2D eigenvalue weighted by Gasteiger charge is 2.33. The van der Waals surface area contributed by atoms with Crippen LogP contribution in [0.1, 0.15) is 12.8 Å². The van der Waals surface area contributed by atoms with Crippen molar-refractivity contribution in [2.24, 2.45) is 0 Å². The van der Waals surface area contributed by atoms with E-state index in [1.165, 1.54) is 16.8 Å². The Morgan fingerprint density at radius 2 is 1.88 bits per heavy atom. The van der Waals surface area contributed by atoms with Crippen LogP contribution in [0.3, 0.4) is 0 Å². The highest BCUT2D eigenvalue weighted by atomic mass is 16.4. The van der Waals surface area contributed by atoms with Crippen molar-refractivity contribution < 1.29 is 24.3 Å². The molecule has 0 atom stereocenters. The Bertz CT molecular complexity index is 646. The summed E-state index contributed by atoms with van der Waals surface area (Å²) in [5.41, 5.74) is 0.498. The first-order valence-electron chi connectivity index (χ1n) is 7.53. The van der Waals surface area contributed by atoms with E-state index in [9.17, 15) is 19.2 Å². The van der Waals surface area contributed by atoms with Crippen LogP contribution in [0, 0.1) is 0 Å². The van der Waals surface area contributed by atoms with Gasteiger partial charge in [0.25, 0.3) is 0 Å². The number of aliphatic carboxylic acids is 1. The number of hydrogen-bond donors (Lipinski definition) is 1. The van der Waals surface area contributed by atoms with Crippen LogP contribution in [0.2, 0.25) is 0 Å². The van der Waals surface area contributed by atoms with E-state index in [-0.39, 0.29) is 43.8 Å². The number of carbonyl (C=O) groups excluding carboxylic acids is 3. The smallest absolute Gasteiger partial charge is 0.326 e. The van der Waals surface area contributed by atoms with Crippen molar-refractivity contribution >= 4 is 29.5 Å². The molecule has 1 aromatic carbocycles. The molecule has 1 saturated heterocycles. The maximum atomic E-state index is 12.3. The first kappa shape index (κ1) is 17.5. The molecule has 2 rings (SSSR count). The molecule has 0 unspecified atom stereocenters. The largest absolute Gasteiger partial charge is 0.480 e. The highest BCUT2D eigenvalue weighted by Crippen LogP contribution is 2.16. The Balaban J connectivity index is 1.95. The van der Waals surface area contributed by atoms with Crippen LogP contribution < -0.4 is 4.90 Å². The van der Waals surface area contributed by atoms with Gasteiger partial charge in [-0.1, -0.05) is 18.2 Å². The third kappa shape index (κ3) is 4.09. The number of rotatable bonds is 7. The average molecular weight is 333 g/mol. The van der Waals surface area contributed by atoms with Gasteiger partial charge in [0.1, 0.15) is 13.1 Å². The Morgan fingerprint density at radius 3 is 2.42 bits per heavy atom. The Labute approximate surface area is 139 Å². The molecule has 1 aliphatic heterocycles. The maximum Gasteiger partial charge on any atom is 0.326 e. The van der Waals surface area contributed by atoms with Gasteiger partial charge in [-0.05, 0) is 18.6 Å². The molecule has 0 aromatic heterocycles. The summed E-state index contributed by atoms with van der Waals surface area (Å²) >= 11 is 0. The summed E-state index contributed by atoms with van der Waals surface area (Å²) in [6, 6.07) is 8.14. The van der Waals surface area contributed by atoms with E-state index in [0.29, 0.717) is 5.69 Å². The van der Waals surface area contributed by atoms with Gasteiger partial charge in [-0.3, -0.25) is 19.3 Å². The van der Waals surface area contributed by atoms with Crippen LogP contribution in [-0.2, 0) is 14.4 Å². The molecule has 1 aliphatic rings.